The molecule has 0 amide bonds. The Kier molecular flexibility index (Phi) is 2.56. The Morgan fingerprint density at radius 2 is 1.95 bits per heavy atom. The van der Waals surface area contributed by atoms with Gasteiger partial charge in [-0.3, -0.25) is 4.79 Å². The fourth-order valence-electron chi connectivity index (χ4n) is 3.30. The van der Waals surface area contributed by atoms with Gasteiger partial charge in [-0.1, -0.05) is 17.7 Å². The maximum Gasteiger partial charge on any atom is 0.266 e. The lowest BCUT2D eigenvalue weighted by Gasteiger charge is -2.23. The van der Waals surface area contributed by atoms with Gasteiger partial charge in [0, 0.05) is 0 Å². The number of hydrogen-bond donors (Lipinski definition) is 1. The van der Waals surface area contributed by atoms with Crippen LogP contribution in [0.25, 0.3) is 17.1 Å². The molecular weight excluding hydrogens is 248 g/mol. The van der Waals surface area contributed by atoms with Crippen molar-refractivity contribution in [2.24, 2.45) is 5.41 Å². The van der Waals surface area contributed by atoms with E-state index in [0.717, 1.165) is 16.4 Å². The molecule has 1 aromatic carbocycles. The number of nitrogens with one attached hydrogen (secondary N) is 1. The second-order valence-corrected chi connectivity index (χ2v) is 6.33. The van der Waals surface area contributed by atoms with E-state index in [4.69, 9.17) is 0 Å². The number of aromatic amines is 1. The summed E-state index contributed by atoms with van der Waals surface area (Å²) in [6.07, 6.45) is 11.8. The molecule has 0 atom stereocenters. The average Bonchev–Trinajstić information content (AvgIpc) is 3.22. The van der Waals surface area contributed by atoms with Gasteiger partial charge in [0.1, 0.15) is 0 Å². The summed E-state index contributed by atoms with van der Waals surface area (Å²) in [4.78, 5) is 18.2. The first kappa shape index (κ1) is 11.9. The zero-order valence-corrected chi connectivity index (χ0v) is 11.5. The van der Waals surface area contributed by atoms with E-state index < -0.39 is 0 Å². The number of allylic oxidation sites excluding steroid dienone is 1. The molecular formula is C17H18N2O. The second-order valence-electron chi connectivity index (χ2n) is 6.33. The average molecular weight is 266 g/mol. The summed E-state index contributed by atoms with van der Waals surface area (Å²) in [6, 6.07) is 6.07. The van der Waals surface area contributed by atoms with Crippen molar-refractivity contribution in [3.05, 3.63) is 45.9 Å². The molecule has 1 spiro atoms. The number of hydrogen-bond acceptors (Lipinski definition) is 2. The van der Waals surface area contributed by atoms with Crippen molar-refractivity contribution in [1.29, 1.82) is 0 Å². The number of aromatic nitrogens is 2. The largest absolute Gasteiger partial charge is 0.319 e. The van der Waals surface area contributed by atoms with E-state index in [0.29, 0.717) is 0 Å². The number of benzene rings is 1. The molecule has 2 aromatic rings. The van der Waals surface area contributed by atoms with Crippen LogP contribution < -0.4 is 5.56 Å². The molecule has 2 saturated carbocycles. The Labute approximate surface area is 117 Å². The van der Waals surface area contributed by atoms with Gasteiger partial charge in [0.15, 0.2) is 0 Å². The SMILES string of the molecule is O=c1cnc2cc(C=C3CCC4(CC3)CC4)ccc2[nH]1. The van der Waals surface area contributed by atoms with E-state index in [-0.39, 0.29) is 5.56 Å². The van der Waals surface area contributed by atoms with Gasteiger partial charge < -0.3 is 4.98 Å². The van der Waals surface area contributed by atoms with Crippen LogP contribution in [-0.2, 0) is 0 Å². The number of H-pyrrole nitrogens is 1. The number of rotatable bonds is 1. The maximum absolute atomic E-state index is 11.2. The molecule has 1 aromatic heterocycles. The van der Waals surface area contributed by atoms with E-state index in [1.807, 2.05) is 6.07 Å². The number of fused-ring (bicyclic) bond motifs is 1. The molecule has 3 nitrogen and oxygen atoms in total. The Morgan fingerprint density at radius 3 is 2.70 bits per heavy atom. The van der Waals surface area contributed by atoms with Gasteiger partial charge >= 0.3 is 0 Å². The fraction of sp³-hybridized carbons (Fsp3) is 0.412. The molecule has 0 saturated heterocycles. The molecule has 1 heterocycles. The highest BCUT2D eigenvalue weighted by Gasteiger charge is 2.43. The summed E-state index contributed by atoms with van der Waals surface area (Å²) >= 11 is 0. The number of nitrogens with zero attached hydrogens (tertiary/aromatic N) is 1. The lowest BCUT2D eigenvalue weighted by atomic mass is 9.83. The maximum atomic E-state index is 11.2. The van der Waals surface area contributed by atoms with E-state index in [1.165, 1.54) is 50.3 Å². The predicted octanol–water partition coefficient (Wildman–Crippen LogP) is 3.66. The first-order valence-electron chi connectivity index (χ1n) is 7.41. The molecule has 4 rings (SSSR count). The molecule has 2 aliphatic carbocycles. The normalized spacial score (nSPS) is 20.3. The van der Waals surface area contributed by atoms with Crippen LogP contribution in [0.5, 0.6) is 0 Å². The van der Waals surface area contributed by atoms with Crippen molar-refractivity contribution in [3.63, 3.8) is 0 Å². The van der Waals surface area contributed by atoms with Crippen molar-refractivity contribution in [2.45, 2.75) is 38.5 Å². The highest BCUT2D eigenvalue weighted by molar-refractivity contribution is 5.77. The van der Waals surface area contributed by atoms with Gasteiger partial charge in [0.05, 0.1) is 17.2 Å². The van der Waals surface area contributed by atoms with Crippen molar-refractivity contribution < 1.29 is 0 Å². The van der Waals surface area contributed by atoms with Crippen LogP contribution in [0.3, 0.4) is 0 Å². The molecule has 0 bridgehead atoms. The third-order valence-corrected chi connectivity index (χ3v) is 4.88. The first-order valence-corrected chi connectivity index (χ1v) is 7.41. The molecule has 3 heteroatoms. The van der Waals surface area contributed by atoms with Crippen LogP contribution in [0.2, 0.25) is 0 Å². The van der Waals surface area contributed by atoms with Crippen LogP contribution in [0.4, 0.5) is 0 Å². The lowest BCUT2D eigenvalue weighted by molar-refractivity contribution is 0.388. The third kappa shape index (κ3) is 2.17. The minimum Gasteiger partial charge on any atom is -0.319 e. The monoisotopic (exact) mass is 266 g/mol. The molecule has 2 aliphatic rings. The highest BCUT2D eigenvalue weighted by atomic mass is 16.1. The standard InChI is InChI=1S/C17H18N2O/c20-16-11-18-15-10-13(1-2-14(15)19-16)9-12-3-5-17(6-4-12)7-8-17/h1-2,9-11H,3-8H2,(H,19,20). The molecule has 102 valence electrons. The zero-order valence-electron chi connectivity index (χ0n) is 11.5. The summed E-state index contributed by atoms with van der Waals surface area (Å²) in [6.45, 7) is 0. The van der Waals surface area contributed by atoms with E-state index >= 15 is 0 Å². The second kappa shape index (κ2) is 4.30. The van der Waals surface area contributed by atoms with Crippen LogP contribution in [0, 0.1) is 5.41 Å². The van der Waals surface area contributed by atoms with Gasteiger partial charge in [0.25, 0.3) is 5.56 Å². The van der Waals surface area contributed by atoms with Crippen LogP contribution >= 0.6 is 0 Å². The lowest BCUT2D eigenvalue weighted by Crippen LogP contribution is -2.08. The molecule has 0 aliphatic heterocycles. The van der Waals surface area contributed by atoms with Gasteiger partial charge in [-0.2, -0.15) is 0 Å². The van der Waals surface area contributed by atoms with E-state index in [2.05, 4.69) is 28.2 Å². The molecule has 0 unspecified atom stereocenters. The Bertz CT molecular complexity index is 741. The Hall–Kier alpha value is -1.90. The minimum atomic E-state index is -0.148. The molecule has 0 radical (unpaired) electrons. The zero-order chi connectivity index (χ0) is 13.6. The van der Waals surface area contributed by atoms with Crippen LogP contribution in [0.15, 0.2) is 34.8 Å². The summed E-state index contributed by atoms with van der Waals surface area (Å²) in [5, 5.41) is 0. The van der Waals surface area contributed by atoms with Crippen LogP contribution in [-0.4, -0.2) is 9.97 Å². The van der Waals surface area contributed by atoms with Gasteiger partial charge in [-0.15, -0.1) is 0 Å². The summed E-state index contributed by atoms with van der Waals surface area (Å²) in [7, 11) is 0. The smallest absolute Gasteiger partial charge is 0.266 e. The summed E-state index contributed by atoms with van der Waals surface area (Å²) in [5.74, 6) is 0. The fourth-order valence-corrected chi connectivity index (χ4v) is 3.30. The van der Waals surface area contributed by atoms with Gasteiger partial charge in [0.2, 0.25) is 0 Å². The predicted molar refractivity (Wildman–Crippen MR) is 80.5 cm³/mol. The third-order valence-electron chi connectivity index (χ3n) is 4.88. The quantitative estimate of drug-likeness (QED) is 0.856. The van der Waals surface area contributed by atoms with Crippen molar-refractivity contribution in [1.82, 2.24) is 9.97 Å². The summed E-state index contributed by atoms with van der Waals surface area (Å²) in [5.41, 5.74) is 5.01. The van der Waals surface area contributed by atoms with E-state index in [9.17, 15) is 4.79 Å². The van der Waals surface area contributed by atoms with Crippen molar-refractivity contribution >= 4 is 17.1 Å². The Morgan fingerprint density at radius 1 is 1.15 bits per heavy atom. The van der Waals surface area contributed by atoms with E-state index in [1.54, 1.807) is 5.57 Å². The Balaban J connectivity index is 1.62. The summed E-state index contributed by atoms with van der Waals surface area (Å²) < 4.78 is 0. The molecule has 2 fully saturated rings. The highest BCUT2D eigenvalue weighted by Crippen LogP contribution is 2.57. The van der Waals surface area contributed by atoms with Crippen molar-refractivity contribution in [2.75, 3.05) is 0 Å². The van der Waals surface area contributed by atoms with Gasteiger partial charge in [-0.05, 0) is 61.6 Å². The van der Waals surface area contributed by atoms with Crippen LogP contribution in [0.1, 0.15) is 44.1 Å². The topological polar surface area (TPSA) is 45.8 Å². The van der Waals surface area contributed by atoms with Crippen molar-refractivity contribution in [3.8, 4) is 0 Å². The molecule has 20 heavy (non-hydrogen) atoms. The minimum absolute atomic E-state index is 0.148. The molecule has 1 N–H and O–H groups in total. The first-order chi connectivity index (χ1) is 9.72. The van der Waals surface area contributed by atoms with Gasteiger partial charge in [-0.25, -0.2) is 4.98 Å².